The number of anilines is 2. The molecule has 0 aliphatic carbocycles. The van der Waals surface area contributed by atoms with Crippen LogP contribution in [0.1, 0.15) is 32.0 Å². The lowest BCUT2D eigenvalue weighted by atomic mass is 10.0. The summed E-state index contributed by atoms with van der Waals surface area (Å²) >= 11 is 0. The molecule has 1 aliphatic heterocycles. The van der Waals surface area contributed by atoms with E-state index in [0.29, 0.717) is 5.69 Å². The molecule has 3 rings (SSSR count). The van der Waals surface area contributed by atoms with Crippen molar-refractivity contribution in [2.75, 3.05) is 16.2 Å². The number of amides is 2. The first-order chi connectivity index (χ1) is 14.8. The van der Waals surface area contributed by atoms with E-state index in [1.807, 2.05) is 0 Å². The molecule has 2 heterocycles. The quantitative estimate of drug-likeness (QED) is 0.634. The van der Waals surface area contributed by atoms with Gasteiger partial charge in [0.25, 0.3) is 10.0 Å². The topological polar surface area (TPSA) is 138 Å². The number of pyridine rings is 1. The minimum atomic E-state index is -4.02. The lowest BCUT2D eigenvalue weighted by molar-refractivity contribution is 0.0505. The van der Waals surface area contributed by atoms with Crippen LogP contribution >= 0.6 is 0 Å². The smallest absolute Gasteiger partial charge is 0.409 e. The van der Waals surface area contributed by atoms with Crippen molar-refractivity contribution in [2.24, 2.45) is 0 Å². The molecule has 3 N–H and O–H groups in total. The first kappa shape index (κ1) is 23.3. The van der Waals surface area contributed by atoms with Gasteiger partial charge in [-0.1, -0.05) is 12.1 Å². The fourth-order valence-corrected chi connectivity index (χ4v) is 4.98. The van der Waals surface area contributed by atoms with E-state index in [2.05, 4.69) is 15.6 Å². The first-order valence-corrected chi connectivity index (χ1v) is 11.4. The Morgan fingerprint density at radius 2 is 1.97 bits per heavy atom. The Morgan fingerprint density at radius 1 is 1.25 bits per heavy atom. The van der Waals surface area contributed by atoms with Gasteiger partial charge in [-0.15, -0.1) is 0 Å². The monoisotopic (exact) mass is 462 g/mol. The molecule has 2 amide bonds. The minimum Gasteiger partial charge on any atom is -0.465 e. The third-order valence-corrected chi connectivity index (χ3v) is 6.37. The third kappa shape index (κ3) is 5.47. The van der Waals surface area contributed by atoms with Crippen LogP contribution in [0, 0.1) is 6.92 Å². The summed E-state index contributed by atoms with van der Waals surface area (Å²) < 4.78 is 33.5. The Labute approximate surface area is 186 Å². The average molecular weight is 463 g/mol. The van der Waals surface area contributed by atoms with Gasteiger partial charge in [0.15, 0.2) is 0 Å². The molecular formula is C21H26N4O6S. The number of nitrogens with zero attached hydrogens (tertiary/aromatic N) is 2. The molecule has 172 valence electrons. The van der Waals surface area contributed by atoms with E-state index < -0.39 is 33.9 Å². The summed E-state index contributed by atoms with van der Waals surface area (Å²) in [6, 6.07) is 7.29. The lowest BCUT2D eigenvalue weighted by Gasteiger charge is -2.35. The minimum absolute atomic E-state index is 0.0687. The lowest BCUT2D eigenvalue weighted by Crippen LogP contribution is -2.51. The Balaban J connectivity index is 2.01. The molecule has 10 nitrogen and oxygen atoms in total. The summed E-state index contributed by atoms with van der Waals surface area (Å²) in [5.41, 5.74) is 0.856. The van der Waals surface area contributed by atoms with Gasteiger partial charge in [0, 0.05) is 6.42 Å². The molecule has 11 heteroatoms. The molecule has 1 aromatic heterocycles. The van der Waals surface area contributed by atoms with E-state index in [1.54, 1.807) is 45.9 Å². The second-order valence-corrected chi connectivity index (χ2v) is 10.4. The van der Waals surface area contributed by atoms with E-state index in [9.17, 15) is 18.0 Å². The number of carbonyl (C=O) groups is 2. The van der Waals surface area contributed by atoms with Gasteiger partial charge in [-0.05, 0) is 51.5 Å². The fourth-order valence-electron chi connectivity index (χ4n) is 3.34. The Hall–Kier alpha value is -3.34. The average Bonchev–Trinajstić information content (AvgIpc) is 2.65. The van der Waals surface area contributed by atoms with Crippen LogP contribution in [0.3, 0.4) is 0 Å². The van der Waals surface area contributed by atoms with Crippen molar-refractivity contribution in [3.63, 3.8) is 0 Å². The number of hydrogen-bond donors (Lipinski definition) is 3. The maximum atomic E-state index is 13.5. The first-order valence-electron chi connectivity index (χ1n) is 9.93. The highest BCUT2D eigenvalue weighted by Crippen LogP contribution is 2.33. The Morgan fingerprint density at radius 3 is 2.59 bits per heavy atom. The van der Waals surface area contributed by atoms with Gasteiger partial charge in [-0.2, -0.15) is 0 Å². The van der Waals surface area contributed by atoms with Crippen molar-refractivity contribution in [3.05, 3.63) is 47.8 Å². The molecule has 1 unspecified atom stereocenters. The van der Waals surface area contributed by atoms with Crippen molar-refractivity contribution >= 4 is 33.6 Å². The number of aromatic nitrogens is 1. The second kappa shape index (κ2) is 8.65. The predicted molar refractivity (Wildman–Crippen MR) is 118 cm³/mol. The number of carbonyl (C=O) groups excluding carboxylic acids is 1. The summed E-state index contributed by atoms with van der Waals surface area (Å²) in [5, 5.41) is 13.9. The molecule has 0 saturated heterocycles. The molecule has 1 aromatic carbocycles. The SMILES string of the molecule is Cc1cccc(S(=O)(=O)N2CC(NC(=O)OC(C)(C)C)Cc3ncc(NC(=O)O)cc32)c1. The normalized spacial score (nSPS) is 16.1. The summed E-state index contributed by atoms with van der Waals surface area (Å²) in [4.78, 5) is 27.7. The van der Waals surface area contributed by atoms with E-state index in [1.165, 1.54) is 18.3 Å². The molecule has 32 heavy (non-hydrogen) atoms. The van der Waals surface area contributed by atoms with Crippen LogP contribution in [0.4, 0.5) is 21.0 Å². The highest BCUT2D eigenvalue weighted by Gasteiger charge is 2.35. The number of nitrogens with one attached hydrogen (secondary N) is 2. The summed E-state index contributed by atoms with van der Waals surface area (Å²) in [7, 11) is -4.02. The van der Waals surface area contributed by atoms with Crippen molar-refractivity contribution in [2.45, 2.75) is 50.7 Å². The molecule has 0 saturated carbocycles. The van der Waals surface area contributed by atoms with Crippen molar-refractivity contribution in [1.82, 2.24) is 10.3 Å². The summed E-state index contributed by atoms with van der Waals surface area (Å²) in [6.45, 7) is 6.91. The number of benzene rings is 1. The van der Waals surface area contributed by atoms with Gasteiger partial charge < -0.3 is 15.2 Å². The molecule has 0 spiro atoms. The van der Waals surface area contributed by atoms with E-state index >= 15 is 0 Å². The standard InChI is InChI=1S/C21H26N4O6S/c1-13-6-5-7-16(8-13)32(29,30)25-12-15(24-20(28)31-21(2,3)4)9-17-18(25)10-14(11-22-17)23-19(26)27/h5-8,10-11,15,23H,9,12H2,1-4H3,(H,24,28)(H,26,27). The van der Waals surface area contributed by atoms with Crippen molar-refractivity contribution in [3.8, 4) is 0 Å². The zero-order valence-corrected chi connectivity index (χ0v) is 19.1. The Kier molecular flexibility index (Phi) is 6.31. The van der Waals surface area contributed by atoms with Crippen LogP contribution in [0.15, 0.2) is 41.4 Å². The number of aryl methyl sites for hydroxylation is 1. The van der Waals surface area contributed by atoms with Gasteiger partial charge in [-0.25, -0.2) is 18.0 Å². The number of ether oxygens (including phenoxy) is 1. The molecule has 1 aliphatic rings. The maximum absolute atomic E-state index is 13.5. The van der Waals surface area contributed by atoms with Gasteiger partial charge in [0.05, 0.1) is 40.7 Å². The van der Waals surface area contributed by atoms with Gasteiger partial charge in [0.1, 0.15) is 5.60 Å². The van der Waals surface area contributed by atoms with E-state index in [0.717, 1.165) is 9.87 Å². The van der Waals surface area contributed by atoms with E-state index in [4.69, 9.17) is 9.84 Å². The molecule has 0 radical (unpaired) electrons. The number of fused-ring (bicyclic) bond motifs is 1. The number of alkyl carbamates (subject to hydrolysis) is 1. The second-order valence-electron chi connectivity index (χ2n) is 8.52. The predicted octanol–water partition coefficient (Wildman–Crippen LogP) is 3.12. The Bertz CT molecular complexity index is 1140. The molecule has 0 fully saturated rings. The van der Waals surface area contributed by atoms with Crippen LogP contribution < -0.4 is 14.9 Å². The highest BCUT2D eigenvalue weighted by atomic mass is 32.2. The van der Waals surface area contributed by atoms with E-state index in [-0.39, 0.29) is 29.2 Å². The summed E-state index contributed by atoms with van der Waals surface area (Å²) in [5.74, 6) is 0. The van der Waals surface area contributed by atoms with Crippen LogP contribution in [-0.2, 0) is 21.2 Å². The molecule has 2 aromatic rings. The molecule has 0 bridgehead atoms. The third-order valence-electron chi connectivity index (χ3n) is 4.59. The van der Waals surface area contributed by atoms with Crippen molar-refractivity contribution in [1.29, 1.82) is 0 Å². The van der Waals surface area contributed by atoms with Crippen LogP contribution in [0.25, 0.3) is 0 Å². The number of rotatable bonds is 4. The van der Waals surface area contributed by atoms with Crippen LogP contribution in [0.2, 0.25) is 0 Å². The fraction of sp³-hybridized carbons (Fsp3) is 0.381. The van der Waals surface area contributed by atoms with Crippen molar-refractivity contribution < 1.29 is 27.9 Å². The zero-order chi connectivity index (χ0) is 23.7. The summed E-state index contributed by atoms with van der Waals surface area (Å²) in [6.07, 6.45) is -0.398. The molecule has 1 atom stereocenters. The van der Waals surface area contributed by atoms with Crippen LogP contribution in [0.5, 0.6) is 0 Å². The number of hydrogen-bond acceptors (Lipinski definition) is 6. The highest BCUT2D eigenvalue weighted by molar-refractivity contribution is 7.92. The number of sulfonamides is 1. The van der Waals surface area contributed by atoms with Gasteiger partial charge in [0.2, 0.25) is 0 Å². The zero-order valence-electron chi connectivity index (χ0n) is 18.2. The largest absolute Gasteiger partial charge is 0.465 e. The van der Waals surface area contributed by atoms with Gasteiger partial charge >= 0.3 is 12.2 Å². The van der Waals surface area contributed by atoms with Crippen LogP contribution in [-0.4, -0.2) is 48.9 Å². The molecular weight excluding hydrogens is 436 g/mol. The number of carboxylic acid groups (broad SMARTS) is 1. The maximum Gasteiger partial charge on any atom is 0.409 e. The van der Waals surface area contributed by atoms with Gasteiger partial charge in [-0.3, -0.25) is 14.6 Å².